The van der Waals surface area contributed by atoms with Crippen molar-refractivity contribution >= 4 is 43.9 Å². The third kappa shape index (κ3) is 6.52. The Morgan fingerprint density at radius 3 is 0.928 bits per heavy atom. The van der Waals surface area contributed by atoms with Gasteiger partial charge in [-0.3, -0.25) is 0 Å². The van der Waals surface area contributed by atoms with Crippen LogP contribution in [-0.4, -0.2) is 36.6 Å². The largest absolute Gasteiger partial charge is 0.490 e. The summed E-state index contributed by atoms with van der Waals surface area (Å²) in [6.45, 7) is -0.335. The average molecular weight is 903 g/mol. The molecule has 4 aromatic heterocycles. The van der Waals surface area contributed by atoms with Gasteiger partial charge < -0.3 is 37.4 Å². The maximum atomic E-state index is 10.3. The summed E-state index contributed by atoms with van der Waals surface area (Å²) >= 11 is 0. The Balaban J connectivity index is 1.20. The maximum absolute atomic E-state index is 10.3. The first-order valence-electron chi connectivity index (χ1n) is 23.1. The van der Waals surface area contributed by atoms with Crippen molar-refractivity contribution in [3.8, 4) is 67.9 Å². The molecule has 4 heterocycles. The Morgan fingerprint density at radius 2 is 0.623 bits per heavy atom. The summed E-state index contributed by atoms with van der Waals surface area (Å²) < 4.78 is 40.3. The summed E-state index contributed by atoms with van der Waals surface area (Å²) in [6, 6.07) is 65.8. The molecule has 8 nitrogen and oxygen atoms in total. The Bertz CT molecular complexity index is 3340. The Morgan fingerprint density at radius 1 is 0.333 bits per heavy atom. The Hall–Kier alpha value is -8.56. The first kappa shape index (κ1) is 40.7. The van der Waals surface area contributed by atoms with Crippen LogP contribution in [0.2, 0.25) is 0 Å². The van der Waals surface area contributed by atoms with Crippen molar-refractivity contribution in [1.82, 2.24) is 0 Å². The molecule has 2 N–H and O–H groups in total. The molecule has 0 bridgehead atoms. The number of para-hydroxylation sites is 4. The van der Waals surface area contributed by atoms with E-state index >= 15 is 0 Å². The molecule has 69 heavy (non-hydrogen) atoms. The number of aliphatic hydroxyl groups excluding tert-OH is 2. The number of hydrogen-bond acceptors (Lipinski definition) is 8. The van der Waals surface area contributed by atoms with Crippen molar-refractivity contribution in [3.63, 3.8) is 0 Å². The van der Waals surface area contributed by atoms with Crippen LogP contribution in [0.4, 0.5) is 0 Å². The van der Waals surface area contributed by atoms with Gasteiger partial charge in [0.05, 0.1) is 40.9 Å². The smallest absolute Gasteiger partial charge is 0.141 e. The highest BCUT2D eigenvalue weighted by molar-refractivity contribution is 5.95. The normalized spacial score (nSPS) is 12.8. The summed E-state index contributed by atoms with van der Waals surface area (Å²) in [5, 5.41) is 24.4. The van der Waals surface area contributed by atoms with Gasteiger partial charge in [0, 0.05) is 21.5 Å². The molecule has 0 spiro atoms. The van der Waals surface area contributed by atoms with Crippen LogP contribution >= 0.6 is 0 Å². The van der Waals surface area contributed by atoms with Crippen molar-refractivity contribution in [2.75, 3.05) is 26.4 Å². The van der Waals surface area contributed by atoms with Crippen molar-refractivity contribution in [2.45, 2.75) is 5.41 Å². The minimum Gasteiger partial charge on any atom is -0.490 e. The summed E-state index contributed by atoms with van der Waals surface area (Å²) in [7, 11) is 0. The lowest BCUT2D eigenvalue weighted by molar-refractivity contribution is 0.202. The predicted molar refractivity (Wildman–Crippen MR) is 270 cm³/mol. The number of hydrogen-bond donors (Lipinski definition) is 2. The molecule has 8 aromatic carbocycles. The minimum absolute atomic E-state index is 0.0354. The highest BCUT2D eigenvalue weighted by Gasteiger charge is 2.48. The van der Waals surface area contributed by atoms with Gasteiger partial charge in [-0.15, -0.1) is 0 Å². The van der Waals surface area contributed by atoms with E-state index in [4.69, 9.17) is 27.1 Å². The fourth-order valence-electron chi connectivity index (χ4n) is 10.5. The second-order valence-electron chi connectivity index (χ2n) is 17.4. The van der Waals surface area contributed by atoms with Gasteiger partial charge >= 0.3 is 0 Å². The van der Waals surface area contributed by atoms with Crippen molar-refractivity contribution in [3.05, 3.63) is 216 Å². The van der Waals surface area contributed by atoms with Gasteiger partial charge in [0.2, 0.25) is 0 Å². The molecule has 0 unspecified atom stereocenters. The van der Waals surface area contributed by atoms with E-state index in [1.54, 1.807) is 0 Å². The molecule has 1 aliphatic carbocycles. The predicted octanol–water partition coefficient (Wildman–Crippen LogP) is 14.4. The van der Waals surface area contributed by atoms with E-state index in [9.17, 15) is 10.2 Å². The lowest BCUT2D eigenvalue weighted by atomic mass is 9.66. The topological polar surface area (TPSA) is 111 Å². The minimum atomic E-state index is -1.04. The summed E-state index contributed by atoms with van der Waals surface area (Å²) in [5.74, 6) is 3.40. The summed E-state index contributed by atoms with van der Waals surface area (Å²) in [6.07, 6.45) is 0. The van der Waals surface area contributed by atoms with E-state index in [0.29, 0.717) is 56.8 Å². The van der Waals surface area contributed by atoms with Crippen LogP contribution < -0.4 is 9.47 Å². The van der Waals surface area contributed by atoms with E-state index in [-0.39, 0.29) is 26.4 Å². The molecule has 13 rings (SSSR count). The fraction of sp³-hybridized carbons (Fsp3) is 0.0820. The molecule has 0 radical (unpaired) electrons. The Labute approximate surface area is 395 Å². The van der Waals surface area contributed by atoms with Gasteiger partial charge in [0.25, 0.3) is 0 Å². The number of benzene rings is 8. The SMILES string of the molecule is OCCOc1c(-c2cc3ccccc3o2)cc(C2(c3cc(-c4cc5ccccc5o4)c(OCCO)c(-c4cc5ccccc5o4)c3)c3ccccc3-c3ccccc32)cc1-c1cc2ccccc2o1. The summed E-state index contributed by atoms with van der Waals surface area (Å²) in [4.78, 5) is 0. The molecule has 0 fully saturated rings. The first-order valence-corrected chi connectivity index (χ1v) is 23.1. The van der Waals surface area contributed by atoms with E-state index in [0.717, 1.165) is 77.3 Å². The lowest BCUT2D eigenvalue weighted by Gasteiger charge is -2.35. The van der Waals surface area contributed by atoms with Crippen LogP contribution in [0.3, 0.4) is 0 Å². The molecule has 0 saturated carbocycles. The average Bonchev–Trinajstić information content (AvgIpc) is 4.25. The van der Waals surface area contributed by atoms with Crippen molar-refractivity contribution in [1.29, 1.82) is 0 Å². The number of rotatable bonds is 12. The van der Waals surface area contributed by atoms with E-state index in [2.05, 4.69) is 72.8 Å². The van der Waals surface area contributed by atoms with Crippen LogP contribution in [0, 0.1) is 0 Å². The zero-order valence-corrected chi connectivity index (χ0v) is 37.1. The van der Waals surface area contributed by atoms with Gasteiger partial charge in [-0.1, -0.05) is 121 Å². The third-order valence-electron chi connectivity index (χ3n) is 13.4. The monoisotopic (exact) mass is 902 g/mol. The highest BCUT2D eigenvalue weighted by atomic mass is 16.5. The van der Waals surface area contributed by atoms with E-state index in [1.165, 1.54) is 0 Å². The van der Waals surface area contributed by atoms with E-state index in [1.807, 2.05) is 121 Å². The van der Waals surface area contributed by atoms with Gasteiger partial charge in [0.15, 0.2) is 0 Å². The molecule has 0 aliphatic heterocycles. The molecule has 0 saturated heterocycles. The molecular weight excluding hydrogens is 861 g/mol. The summed E-state index contributed by atoms with van der Waals surface area (Å²) in [5.41, 5.74) is 10.7. The Kier molecular flexibility index (Phi) is 9.64. The zero-order valence-electron chi connectivity index (χ0n) is 37.1. The maximum Gasteiger partial charge on any atom is 0.141 e. The fourth-order valence-corrected chi connectivity index (χ4v) is 10.5. The van der Waals surface area contributed by atoms with Gasteiger partial charge in [-0.25, -0.2) is 0 Å². The standard InChI is InChI=1S/C61H42O8/c62-25-27-64-59-45(55-29-37-13-1-9-21-51(37)66-55)33-41(34-46(59)56-30-38-14-2-10-22-52(38)67-56)61(49-19-7-5-17-43(49)44-18-6-8-20-50(44)61)42-35-47(57-31-39-15-3-11-23-53(39)68-57)60(65-28-26-63)48(36-42)58-32-40-16-4-12-24-54(40)69-58/h1-24,29-36,62-63H,25-28H2. The quantitative estimate of drug-likeness (QED) is 0.125. The van der Waals surface area contributed by atoms with E-state index < -0.39 is 5.41 Å². The van der Waals surface area contributed by atoms with Crippen LogP contribution in [0.5, 0.6) is 11.5 Å². The highest BCUT2D eigenvalue weighted by Crippen LogP contribution is 2.60. The molecule has 0 amide bonds. The van der Waals surface area contributed by atoms with Crippen LogP contribution in [0.25, 0.3) is 100 Å². The van der Waals surface area contributed by atoms with Crippen LogP contribution in [-0.2, 0) is 5.41 Å². The molecule has 0 atom stereocenters. The third-order valence-corrected chi connectivity index (χ3v) is 13.4. The van der Waals surface area contributed by atoms with Crippen LogP contribution in [0.1, 0.15) is 22.3 Å². The van der Waals surface area contributed by atoms with Crippen molar-refractivity contribution < 1.29 is 37.4 Å². The number of ether oxygens (including phenoxy) is 2. The van der Waals surface area contributed by atoms with Gasteiger partial charge in [0.1, 0.15) is 70.1 Å². The first-order chi connectivity index (χ1) is 34.1. The molecule has 8 heteroatoms. The number of fused-ring (bicyclic) bond motifs is 7. The molecule has 12 aromatic rings. The van der Waals surface area contributed by atoms with Crippen LogP contribution in [0.15, 0.2) is 212 Å². The van der Waals surface area contributed by atoms with Gasteiger partial charge in [-0.2, -0.15) is 0 Å². The molecular formula is C61H42O8. The number of aliphatic hydroxyl groups is 2. The second kappa shape index (κ2) is 16.3. The second-order valence-corrected chi connectivity index (χ2v) is 17.4. The van der Waals surface area contributed by atoms with Crippen molar-refractivity contribution in [2.24, 2.45) is 0 Å². The molecule has 334 valence electrons. The number of furan rings is 4. The van der Waals surface area contributed by atoms with Gasteiger partial charge in [-0.05, 0) is 106 Å². The molecule has 1 aliphatic rings. The zero-order chi connectivity index (χ0) is 46.1. The lowest BCUT2D eigenvalue weighted by Crippen LogP contribution is -2.29.